The lowest BCUT2D eigenvalue weighted by molar-refractivity contribution is -0.130. The van der Waals surface area contributed by atoms with Gasteiger partial charge in [0.25, 0.3) is 0 Å². The van der Waals surface area contributed by atoms with Crippen LogP contribution in [-0.4, -0.2) is 32.8 Å². The number of hydrogen-bond acceptors (Lipinski definition) is 3. The van der Waals surface area contributed by atoms with E-state index in [-0.39, 0.29) is 10.8 Å². The molecule has 5 nitrogen and oxygen atoms in total. The van der Waals surface area contributed by atoms with Crippen LogP contribution in [0.5, 0.6) is 0 Å². The number of sulfonamides is 1. The lowest BCUT2D eigenvalue weighted by atomic mass is 10.1. The quantitative estimate of drug-likeness (QED) is 0.861. The minimum absolute atomic E-state index is 0.0875. The third kappa shape index (κ3) is 5.30. The fourth-order valence-corrected chi connectivity index (χ4v) is 2.45. The van der Waals surface area contributed by atoms with Gasteiger partial charge in [-0.3, -0.25) is 4.79 Å². The monoisotopic (exact) mass is 298 g/mol. The first-order chi connectivity index (χ1) is 9.20. The molecule has 0 heterocycles. The Bertz CT molecular complexity index is 550. The first-order valence-corrected chi connectivity index (χ1v) is 8.10. The second-order valence-corrected chi connectivity index (χ2v) is 6.92. The molecule has 0 aliphatic rings. The average Bonchev–Trinajstić information content (AvgIpc) is 2.34. The Morgan fingerprint density at radius 2 is 1.80 bits per heavy atom. The van der Waals surface area contributed by atoms with Crippen LogP contribution in [0.1, 0.15) is 25.8 Å². The summed E-state index contributed by atoms with van der Waals surface area (Å²) in [6.45, 7) is 4.87. The fraction of sp³-hybridized carbons (Fsp3) is 0.500. The second kappa shape index (κ2) is 6.85. The van der Waals surface area contributed by atoms with Crippen LogP contribution in [0.2, 0.25) is 0 Å². The molecule has 0 saturated heterocycles. The van der Waals surface area contributed by atoms with Gasteiger partial charge in [-0.1, -0.05) is 26.0 Å². The van der Waals surface area contributed by atoms with Crippen molar-refractivity contribution in [1.82, 2.24) is 4.90 Å². The third-order valence-corrected chi connectivity index (χ3v) is 3.87. The zero-order valence-corrected chi connectivity index (χ0v) is 13.0. The van der Waals surface area contributed by atoms with E-state index >= 15 is 0 Å². The second-order valence-electron chi connectivity index (χ2n) is 5.36. The summed E-state index contributed by atoms with van der Waals surface area (Å²) in [6.07, 6.45) is 1.00. The van der Waals surface area contributed by atoms with Gasteiger partial charge in [-0.25, -0.2) is 13.6 Å². The first-order valence-electron chi connectivity index (χ1n) is 6.56. The molecule has 0 saturated carbocycles. The number of rotatable bonds is 6. The van der Waals surface area contributed by atoms with Gasteiger partial charge in [0.2, 0.25) is 15.9 Å². The van der Waals surface area contributed by atoms with Crippen LogP contribution >= 0.6 is 0 Å². The topological polar surface area (TPSA) is 80.5 Å². The van der Waals surface area contributed by atoms with Gasteiger partial charge in [-0.05, 0) is 30.0 Å². The number of aryl methyl sites for hydroxylation is 1. The van der Waals surface area contributed by atoms with Gasteiger partial charge in [0.05, 0.1) is 4.90 Å². The number of nitrogens with two attached hydrogens (primary N) is 1. The van der Waals surface area contributed by atoms with Crippen LogP contribution in [0, 0.1) is 5.92 Å². The maximum atomic E-state index is 11.9. The van der Waals surface area contributed by atoms with Crippen molar-refractivity contribution in [2.24, 2.45) is 11.1 Å². The molecule has 1 aromatic rings. The molecule has 0 radical (unpaired) electrons. The summed E-state index contributed by atoms with van der Waals surface area (Å²) in [4.78, 5) is 13.7. The van der Waals surface area contributed by atoms with E-state index in [2.05, 4.69) is 13.8 Å². The number of carbonyl (C=O) groups excluding carboxylic acids is 1. The molecule has 0 aliphatic heterocycles. The van der Waals surface area contributed by atoms with Crippen molar-refractivity contribution in [3.63, 3.8) is 0 Å². The standard InChI is InChI=1S/C14H22N2O3S/c1-11(2)10-16(3)14(17)9-6-12-4-7-13(8-5-12)20(15,18)19/h4-5,7-8,11H,6,9-10H2,1-3H3,(H2,15,18,19). The Kier molecular flexibility index (Phi) is 5.71. The average molecular weight is 298 g/mol. The summed E-state index contributed by atoms with van der Waals surface area (Å²) in [5.41, 5.74) is 0.920. The van der Waals surface area contributed by atoms with Crippen molar-refractivity contribution in [2.45, 2.75) is 31.6 Å². The highest BCUT2D eigenvalue weighted by Gasteiger charge is 2.11. The molecule has 1 amide bonds. The predicted molar refractivity (Wildman–Crippen MR) is 78.6 cm³/mol. The molecule has 1 aromatic carbocycles. The first kappa shape index (κ1) is 16.7. The fourth-order valence-electron chi connectivity index (χ4n) is 1.94. The van der Waals surface area contributed by atoms with E-state index in [1.165, 1.54) is 12.1 Å². The summed E-state index contributed by atoms with van der Waals surface area (Å²) >= 11 is 0. The molecule has 2 N–H and O–H groups in total. The van der Waals surface area contributed by atoms with Crippen LogP contribution in [0.25, 0.3) is 0 Å². The van der Waals surface area contributed by atoms with Crippen molar-refractivity contribution in [2.75, 3.05) is 13.6 Å². The van der Waals surface area contributed by atoms with Gasteiger partial charge in [-0.2, -0.15) is 0 Å². The normalized spacial score (nSPS) is 11.7. The molecule has 0 aromatic heterocycles. The smallest absolute Gasteiger partial charge is 0.238 e. The molecular formula is C14H22N2O3S. The molecule has 112 valence electrons. The van der Waals surface area contributed by atoms with Crippen LogP contribution in [0.4, 0.5) is 0 Å². The largest absolute Gasteiger partial charge is 0.345 e. The van der Waals surface area contributed by atoms with E-state index in [0.717, 1.165) is 12.1 Å². The Balaban J connectivity index is 2.56. The molecular weight excluding hydrogens is 276 g/mol. The Morgan fingerprint density at radius 1 is 1.25 bits per heavy atom. The van der Waals surface area contributed by atoms with Crippen molar-refractivity contribution < 1.29 is 13.2 Å². The molecule has 0 aliphatic carbocycles. The SMILES string of the molecule is CC(C)CN(C)C(=O)CCc1ccc(S(N)(=O)=O)cc1. The molecule has 6 heteroatoms. The van der Waals surface area contributed by atoms with Crippen molar-refractivity contribution in [3.05, 3.63) is 29.8 Å². The number of carbonyl (C=O) groups is 1. The number of primary sulfonamides is 1. The maximum Gasteiger partial charge on any atom is 0.238 e. The van der Waals surface area contributed by atoms with Crippen LogP contribution in [-0.2, 0) is 21.2 Å². The summed E-state index contributed by atoms with van der Waals surface area (Å²) in [7, 11) is -1.85. The molecule has 1 rings (SSSR count). The van der Waals surface area contributed by atoms with Gasteiger partial charge < -0.3 is 4.90 Å². The number of amides is 1. The maximum absolute atomic E-state index is 11.9. The molecule has 0 spiro atoms. The highest BCUT2D eigenvalue weighted by molar-refractivity contribution is 7.89. The van der Waals surface area contributed by atoms with Crippen LogP contribution in [0.3, 0.4) is 0 Å². The molecule has 0 atom stereocenters. The van der Waals surface area contributed by atoms with Crippen LogP contribution in [0.15, 0.2) is 29.2 Å². The number of nitrogens with zero attached hydrogens (tertiary/aromatic N) is 1. The predicted octanol–water partition coefficient (Wildman–Crippen LogP) is 1.38. The van der Waals surface area contributed by atoms with Gasteiger partial charge in [0.15, 0.2) is 0 Å². The lowest BCUT2D eigenvalue weighted by Gasteiger charge is -2.19. The van der Waals surface area contributed by atoms with Gasteiger partial charge >= 0.3 is 0 Å². The Morgan fingerprint density at radius 3 is 2.25 bits per heavy atom. The minimum atomic E-state index is -3.65. The van der Waals surface area contributed by atoms with E-state index < -0.39 is 10.0 Å². The molecule has 0 fully saturated rings. The Hall–Kier alpha value is -1.40. The van der Waals surface area contributed by atoms with Gasteiger partial charge in [0.1, 0.15) is 0 Å². The minimum Gasteiger partial charge on any atom is -0.345 e. The Labute approximate surface area is 120 Å². The summed E-state index contributed by atoms with van der Waals surface area (Å²) in [5, 5.41) is 5.03. The molecule has 0 bridgehead atoms. The highest BCUT2D eigenvalue weighted by Crippen LogP contribution is 2.11. The van der Waals surface area contributed by atoms with E-state index in [1.807, 2.05) is 0 Å². The summed E-state index contributed by atoms with van der Waals surface area (Å²) in [6, 6.07) is 6.31. The zero-order chi connectivity index (χ0) is 15.3. The summed E-state index contributed by atoms with van der Waals surface area (Å²) < 4.78 is 22.2. The number of benzene rings is 1. The van der Waals surface area contributed by atoms with Gasteiger partial charge in [-0.15, -0.1) is 0 Å². The van der Waals surface area contributed by atoms with E-state index in [1.54, 1.807) is 24.1 Å². The van der Waals surface area contributed by atoms with Crippen molar-refractivity contribution in [3.8, 4) is 0 Å². The summed E-state index contributed by atoms with van der Waals surface area (Å²) in [5.74, 6) is 0.534. The molecule has 0 unspecified atom stereocenters. The van der Waals surface area contributed by atoms with E-state index in [4.69, 9.17) is 5.14 Å². The number of hydrogen-bond donors (Lipinski definition) is 1. The van der Waals surface area contributed by atoms with Crippen molar-refractivity contribution >= 4 is 15.9 Å². The van der Waals surface area contributed by atoms with E-state index in [0.29, 0.717) is 18.8 Å². The highest BCUT2D eigenvalue weighted by atomic mass is 32.2. The van der Waals surface area contributed by atoms with E-state index in [9.17, 15) is 13.2 Å². The van der Waals surface area contributed by atoms with Crippen LogP contribution < -0.4 is 5.14 Å². The van der Waals surface area contributed by atoms with Gasteiger partial charge in [0, 0.05) is 20.0 Å². The lowest BCUT2D eigenvalue weighted by Crippen LogP contribution is -2.30. The molecule has 20 heavy (non-hydrogen) atoms. The third-order valence-electron chi connectivity index (χ3n) is 2.94. The zero-order valence-electron chi connectivity index (χ0n) is 12.2. The van der Waals surface area contributed by atoms with Crippen molar-refractivity contribution in [1.29, 1.82) is 0 Å².